The molecule has 2 aromatic rings. The average Bonchev–Trinajstić information content (AvgIpc) is 2.99. The largest absolute Gasteiger partial charge is 0.488 e. The second-order valence-electron chi connectivity index (χ2n) is 4.80. The second-order valence-corrected chi connectivity index (χ2v) is 6.50. The van der Waals surface area contributed by atoms with Crippen molar-refractivity contribution in [3.8, 4) is 5.75 Å². The van der Waals surface area contributed by atoms with E-state index >= 15 is 0 Å². The van der Waals surface area contributed by atoms with Crippen LogP contribution in [0.1, 0.15) is 15.2 Å². The molecule has 1 saturated heterocycles. The summed E-state index contributed by atoms with van der Waals surface area (Å²) in [4.78, 5) is 19.1. The molecule has 1 fully saturated rings. The van der Waals surface area contributed by atoms with Gasteiger partial charge in [-0.1, -0.05) is 17.7 Å². The van der Waals surface area contributed by atoms with Crippen molar-refractivity contribution in [2.75, 3.05) is 26.3 Å². The first-order valence-corrected chi connectivity index (χ1v) is 8.12. The summed E-state index contributed by atoms with van der Waals surface area (Å²) >= 11 is 7.17. The van der Waals surface area contributed by atoms with Crippen molar-refractivity contribution in [2.24, 2.45) is 0 Å². The first-order valence-electron chi connectivity index (χ1n) is 6.92. The third-order valence-electron chi connectivity index (χ3n) is 3.29. The Kier molecular flexibility index (Phi) is 4.92. The Hall–Kier alpha value is -1.63. The monoisotopic (exact) mass is 338 g/mol. The maximum atomic E-state index is 12.4. The van der Waals surface area contributed by atoms with Gasteiger partial charge in [0.25, 0.3) is 5.91 Å². The van der Waals surface area contributed by atoms with Crippen LogP contribution in [-0.2, 0) is 11.3 Å². The third kappa shape index (κ3) is 3.76. The SMILES string of the molecule is O=C(c1cccc(OCc2cnc(Cl)s2)c1)N1CCOCC1. The smallest absolute Gasteiger partial charge is 0.254 e. The molecule has 0 atom stereocenters. The molecular formula is C15H15ClN2O3S. The molecule has 1 aliphatic heterocycles. The molecule has 1 aromatic heterocycles. The van der Waals surface area contributed by atoms with Gasteiger partial charge in [-0.3, -0.25) is 4.79 Å². The van der Waals surface area contributed by atoms with Crippen LogP contribution in [0.15, 0.2) is 30.5 Å². The van der Waals surface area contributed by atoms with Crippen LogP contribution in [0.2, 0.25) is 4.47 Å². The van der Waals surface area contributed by atoms with E-state index < -0.39 is 0 Å². The van der Waals surface area contributed by atoms with Crippen LogP contribution in [0, 0.1) is 0 Å². The Balaban J connectivity index is 1.65. The lowest BCUT2D eigenvalue weighted by Gasteiger charge is -2.26. The van der Waals surface area contributed by atoms with Gasteiger partial charge in [-0.05, 0) is 18.2 Å². The van der Waals surface area contributed by atoms with Gasteiger partial charge in [-0.25, -0.2) is 4.98 Å². The zero-order valence-corrected chi connectivity index (χ0v) is 13.4. The van der Waals surface area contributed by atoms with E-state index in [9.17, 15) is 4.79 Å². The first-order chi connectivity index (χ1) is 10.7. The topological polar surface area (TPSA) is 51.7 Å². The van der Waals surface area contributed by atoms with E-state index in [1.54, 1.807) is 23.2 Å². The van der Waals surface area contributed by atoms with Crippen LogP contribution in [0.3, 0.4) is 0 Å². The summed E-state index contributed by atoms with van der Waals surface area (Å²) in [6.45, 7) is 2.83. The minimum atomic E-state index is 0.00887. The fraction of sp³-hybridized carbons (Fsp3) is 0.333. The number of benzene rings is 1. The van der Waals surface area contributed by atoms with Crippen molar-refractivity contribution < 1.29 is 14.3 Å². The van der Waals surface area contributed by atoms with Crippen LogP contribution in [0.5, 0.6) is 5.75 Å². The van der Waals surface area contributed by atoms with Gasteiger partial charge >= 0.3 is 0 Å². The number of hydrogen-bond acceptors (Lipinski definition) is 5. The molecule has 116 valence electrons. The average molecular weight is 339 g/mol. The first kappa shape index (κ1) is 15.3. The summed E-state index contributed by atoms with van der Waals surface area (Å²) in [5.74, 6) is 0.665. The summed E-state index contributed by atoms with van der Waals surface area (Å²) in [6.07, 6.45) is 1.69. The van der Waals surface area contributed by atoms with Gasteiger partial charge in [0.15, 0.2) is 4.47 Å². The van der Waals surface area contributed by atoms with E-state index in [4.69, 9.17) is 21.1 Å². The van der Waals surface area contributed by atoms with Crippen LogP contribution < -0.4 is 4.74 Å². The van der Waals surface area contributed by atoms with Crippen LogP contribution in [0.25, 0.3) is 0 Å². The van der Waals surface area contributed by atoms with Gasteiger partial charge in [0, 0.05) is 24.8 Å². The molecule has 0 saturated carbocycles. The molecule has 0 spiro atoms. The predicted octanol–water partition coefficient (Wildman–Crippen LogP) is 2.85. The van der Waals surface area contributed by atoms with E-state index in [0.717, 1.165) is 4.88 Å². The van der Waals surface area contributed by atoms with E-state index in [1.807, 2.05) is 12.1 Å². The van der Waals surface area contributed by atoms with Crippen LogP contribution >= 0.6 is 22.9 Å². The fourth-order valence-electron chi connectivity index (χ4n) is 2.17. The Morgan fingerprint density at radius 3 is 2.95 bits per heavy atom. The molecule has 0 N–H and O–H groups in total. The minimum Gasteiger partial charge on any atom is -0.488 e. The Morgan fingerprint density at radius 2 is 2.23 bits per heavy atom. The van der Waals surface area contributed by atoms with Gasteiger partial charge < -0.3 is 14.4 Å². The Morgan fingerprint density at radius 1 is 1.41 bits per heavy atom. The molecule has 3 rings (SSSR count). The number of aromatic nitrogens is 1. The number of ether oxygens (including phenoxy) is 2. The highest BCUT2D eigenvalue weighted by atomic mass is 35.5. The number of rotatable bonds is 4. The van der Waals surface area contributed by atoms with Gasteiger partial charge in [-0.15, -0.1) is 11.3 Å². The van der Waals surface area contributed by atoms with Gasteiger partial charge in [-0.2, -0.15) is 0 Å². The lowest BCUT2D eigenvalue weighted by Crippen LogP contribution is -2.40. The molecule has 1 aliphatic rings. The zero-order valence-electron chi connectivity index (χ0n) is 11.8. The number of carbonyl (C=O) groups excluding carboxylic acids is 1. The van der Waals surface area contributed by atoms with E-state index in [0.29, 0.717) is 48.7 Å². The van der Waals surface area contributed by atoms with E-state index in [-0.39, 0.29) is 5.91 Å². The molecule has 5 nitrogen and oxygen atoms in total. The van der Waals surface area contributed by atoms with Crippen molar-refractivity contribution >= 4 is 28.8 Å². The summed E-state index contributed by atoms with van der Waals surface area (Å²) in [7, 11) is 0. The highest BCUT2D eigenvalue weighted by Gasteiger charge is 2.18. The number of morpholine rings is 1. The van der Waals surface area contributed by atoms with Gasteiger partial charge in [0.05, 0.1) is 18.1 Å². The molecule has 0 unspecified atom stereocenters. The highest BCUT2D eigenvalue weighted by molar-refractivity contribution is 7.15. The molecule has 0 aliphatic carbocycles. The number of amides is 1. The summed E-state index contributed by atoms with van der Waals surface area (Å²) in [5.41, 5.74) is 0.627. The lowest BCUT2D eigenvalue weighted by atomic mass is 10.2. The van der Waals surface area contributed by atoms with Crippen molar-refractivity contribution in [1.29, 1.82) is 0 Å². The number of nitrogens with zero attached hydrogens (tertiary/aromatic N) is 2. The van der Waals surface area contributed by atoms with Crippen molar-refractivity contribution in [3.05, 3.63) is 45.4 Å². The number of hydrogen-bond donors (Lipinski definition) is 0. The molecule has 0 bridgehead atoms. The molecule has 7 heteroatoms. The van der Waals surface area contributed by atoms with Crippen molar-refractivity contribution in [1.82, 2.24) is 9.88 Å². The molecule has 2 heterocycles. The Labute approximate surface area is 137 Å². The quantitative estimate of drug-likeness (QED) is 0.860. The van der Waals surface area contributed by atoms with Crippen LogP contribution in [-0.4, -0.2) is 42.1 Å². The van der Waals surface area contributed by atoms with Gasteiger partial charge in [0.1, 0.15) is 12.4 Å². The predicted molar refractivity (Wildman–Crippen MR) is 84.6 cm³/mol. The summed E-state index contributed by atoms with van der Waals surface area (Å²) in [6, 6.07) is 7.22. The van der Waals surface area contributed by atoms with Crippen LogP contribution in [0.4, 0.5) is 0 Å². The zero-order chi connectivity index (χ0) is 15.4. The number of carbonyl (C=O) groups is 1. The minimum absolute atomic E-state index is 0.00887. The summed E-state index contributed by atoms with van der Waals surface area (Å²) in [5, 5.41) is 0. The fourth-order valence-corrected chi connectivity index (χ4v) is 3.06. The summed E-state index contributed by atoms with van der Waals surface area (Å²) < 4.78 is 11.5. The molecule has 0 radical (unpaired) electrons. The maximum Gasteiger partial charge on any atom is 0.254 e. The standard InChI is InChI=1S/C15H15ClN2O3S/c16-15-17-9-13(22-15)10-21-12-3-1-2-11(8-12)14(19)18-4-6-20-7-5-18/h1-3,8-9H,4-7,10H2. The Bertz CT molecular complexity index is 656. The third-order valence-corrected chi connectivity index (χ3v) is 4.37. The molecule has 22 heavy (non-hydrogen) atoms. The number of thiazole rings is 1. The molecule has 1 amide bonds. The lowest BCUT2D eigenvalue weighted by molar-refractivity contribution is 0.0302. The van der Waals surface area contributed by atoms with Crippen molar-refractivity contribution in [2.45, 2.75) is 6.61 Å². The normalized spacial score (nSPS) is 14.9. The maximum absolute atomic E-state index is 12.4. The van der Waals surface area contributed by atoms with Crippen molar-refractivity contribution in [3.63, 3.8) is 0 Å². The van der Waals surface area contributed by atoms with E-state index in [1.165, 1.54) is 11.3 Å². The van der Waals surface area contributed by atoms with E-state index in [2.05, 4.69) is 4.98 Å². The van der Waals surface area contributed by atoms with Gasteiger partial charge in [0.2, 0.25) is 0 Å². The second kappa shape index (κ2) is 7.09. The molecular weight excluding hydrogens is 324 g/mol. The highest BCUT2D eigenvalue weighted by Crippen LogP contribution is 2.21. The number of halogens is 1. The molecule has 1 aromatic carbocycles.